The van der Waals surface area contributed by atoms with Gasteiger partial charge in [0.25, 0.3) is 11.8 Å². The Morgan fingerprint density at radius 2 is 1.57 bits per heavy atom. The number of aromatic nitrogens is 1. The molecule has 3 aromatic rings. The van der Waals surface area contributed by atoms with Crippen LogP contribution in [0.15, 0.2) is 59.1 Å². The predicted molar refractivity (Wildman–Crippen MR) is 95.0 cm³/mol. The van der Waals surface area contributed by atoms with Gasteiger partial charge in [-0.25, -0.2) is 0 Å². The van der Waals surface area contributed by atoms with Crippen molar-refractivity contribution in [2.24, 2.45) is 0 Å². The van der Waals surface area contributed by atoms with E-state index in [0.717, 1.165) is 12.1 Å². The Bertz CT molecular complexity index is 1030. The summed E-state index contributed by atoms with van der Waals surface area (Å²) in [6, 6.07) is 11.7. The number of rotatable bonds is 4. The van der Waals surface area contributed by atoms with Gasteiger partial charge in [0, 0.05) is 23.0 Å². The third kappa shape index (κ3) is 4.56. The average molecular weight is 389 g/mol. The molecule has 0 radical (unpaired) electrons. The van der Waals surface area contributed by atoms with E-state index >= 15 is 0 Å². The second-order valence-corrected chi connectivity index (χ2v) is 5.90. The topological polar surface area (TPSA) is 84.2 Å². The number of hydrogen-bond acceptors (Lipinski definition) is 4. The highest BCUT2D eigenvalue weighted by Gasteiger charge is 2.30. The maximum Gasteiger partial charge on any atom is 0.416 e. The molecule has 144 valence electrons. The summed E-state index contributed by atoms with van der Waals surface area (Å²) < 4.78 is 43.2. The maximum atomic E-state index is 12.8. The molecule has 1 aromatic heterocycles. The summed E-state index contributed by atoms with van der Waals surface area (Å²) in [5.74, 6) is -1.15. The Morgan fingerprint density at radius 1 is 0.929 bits per heavy atom. The first-order chi connectivity index (χ1) is 13.2. The average Bonchev–Trinajstić information content (AvgIpc) is 3.08. The smallest absolute Gasteiger partial charge is 0.351 e. The number of halogens is 3. The molecule has 0 unspecified atom stereocenters. The molecule has 28 heavy (non-hydrogen) atoms. The minimum atomic E-state index is -4.51. The molecule has 0 saturated carbocycles. The molecule has 2 N–H and O–H groups in total. The number of amides is 2. The molecule has 0 aliphatic rings. The lowest BCUT2D eigenvalue weighted by molar-refractivity contribution is -0.137. The van der Waals surface area contributed by atoms with E-state index in [1.807, 2.05) is 0 Å². The van der Waals surface area contributed by atoms with Gasteiger partial charge in [0.15, 0.2) is 0 Å². The van der Waals surface area contributed by atoms with Gasteiger partial charge in [-0.2, -0.15) is 13.2 Å². The first-order valence-corrected chi connectivity index (χ1v) is 8.06. The third-order valence-electron chi connectivity index (χ3n) is 3.68. The van der Waals surface area contributed by atoms with E-state index in [1.165, 1.54) is 36.4 Å². The molecular weight excluding hydrogens is 375 g/mol. The van der Waals surface area contributed by atoms with Crippen LogP contribution in [0.5, 0.6) is 0 Å². The van der Waals surface area contributed by atoms with E-state index in [-0.39, 0.29) is 17.0 Å². The van der Waals surface area contributed by atoms with Crippen LogP contribution in [0.3, 0.4) is 0 Å². The Labute approximate surface area is 157 Å². The van der Waals surface area contributed by atoms with Gasteiger partial charge >= 0.3 is 6.18 Å². The highest BCUT2D eigenvalue weighted by Crippen LogP contribution is 2.30. The summed E-state index contributed by atoms with van der Waals surface area (Å²) in [7, 11) is 0. The largest absolute Gasteiger partial charge is 0.416 e. The lowest BCUT2D eigenvalue weighted by Gasteiger charge is -2.10. The quantitative estimate of drug-likeness (QED) is 0.688. The molecule has 3 rings (SSSR count). The highest BCUT2D eigenvalue weighted by molar-refractivity contribution is 6.06. The number of nitrogens with zero attached hydrogens (tertiary/aromatic N) is 1. The summed E-state index contributed by atoms with van der Waals surface area (Å²) in [4.78, 5) is 24.4. The molecule has 0 aliphatic heterocycles. The number of carbonyl (C=O) groups excluding carboxylic acids is 2. The highest BCUT2D eigenvalue weighted by atomic mass is 19.4. The van der Waals surface area contributed by atoms with Crippen LogP contribution in [0.2, 0.25) is 0 Å². The summed E-state index contributed by atoms with van der Waals surface area (Å²) in [6.45, 7) is 1.67. The van der Waals surface area contributed by atoms with Crippen molar-refractivity contribution >= 4 is 23.2 Å². The Kier molecular flexibility index (Phi) is 5.16. The van der Waals surface area contributed by atoms with Crippen molar-refractivity contribution in [3.63, 3.8) is 0 Å². The zero-order chi connectivity index (χ0) is 20.3. The van der Waals surface area contributed by atoms with Crippen molar-refractivity contribution in [3.05, 3.63) is 77.2 Å². The van der Waals surface area contributed by atoms with E-state index < -0.39 is 23.6 Å². The van der Waals surface area contributed by atoms with Gasteiger partial charge in [0.05, 0.1) is 11.3 Å². The Balaban J connectivity index is 1.73. The molecule has 6 nitrogen and oxygen atoms in total. The molecule has 2 amide bonds. The molecular formula is C19H14F3N3O3. The lowest BCUT2D eigenvalue weighted by Crippen LogP contribution is -2.15. The summed E-state index contributed by atoms with van der Waals surface area (Å²) in [5, 5.41) is 8.58. The van der Waals surface area contributed by atoms with E-state index in [9.17, 15) is 22.8 Å². The van der Waals surface area contributed by atoms with Crippen molar-refractivity contribution in [2.75, 3.05) is 10.6 Å². The van der Waals surface area contributed by atoms with Gasteiger partial charge in [-0.3, -0.25) is 9.59 Å². The minimum absolute atomic E-state index is 0.00592. The third-order valence-corrected chi connectivity index (χ3v) is 3.68. The number of hydrogen-bond donors (Lipinski definition) is 2. The fraction of sp³-hybridized carbons (Fsp3) is 0.105. The molecule has 0 fully saturated rings. The number of anilines is 2. The van der Waals surface area contributed by atoms with Crippen LogP contribution in [-0.2, 0) is 6.18 Å². The molecule has 0 saturated heterocycles. The van der Waals surface area contributed by atoms with Crippen LogP contribution in [0, 0.1) is 6.92 Å². The van der Waals surface area contributed by atoms with Gasteiger partial charge in [-0.15, -0.1) is 0 Å². The number of benzene rings is 2. The Hall–Kier alpha value is -3.62. The zero-order valence-corrected chi connectivity index (χ0v) is 14.5. The SMILES string of the molecule is Cc1cc(C(=O)Nc2cccc(C(=O)Nc3cccc(C(F)(F)F)c3)c2)on1. The summed E-state index contributed by atoms with van der Waals surface area (Å²) >= 11 is 0. The van der Waals surface area contributed by atoms with Crippen molar-refractivity contribution in [1.29, 1.82) is 0 Å². The number of alkyl halides is 3. The van der Waals surface area contributed by atoms with Crippen molar-refractivity contribution in [1.82, 2.24) is 5.16 Å². The van der Waals surface area contributed by atoms with E-state index in [2.05, 4.69) is 15.8 Å². The van der Waals surface area contributed by atoms with E-state index in [0.29, 0.717) is 11.4 Å². The van der Waals surface area contributed by atoms with Crippen LogP contribution in [0.4, 0.5) is 24.5 Å². The first-order valence-electron chi connectivity index (χ1n) is 8.06. The lowest BCUT2D eigenvalue weighted by atomic mass is 10.1. The van der Waals surface area contributed by atoms with Crippen LogP contribution in [0.25, 0.3) is 0 Å². The second-order valence-electron chi connectivity index (χ2n) is 5.90. The van der Waals surface area contributed by atoms with Crippen molar-refractivity contribution < 1.29 is 27.3 Å². The zero-order valence-electron chi connectivity index (χ0n) is 14.5. The summed E-state index contributed by atoms with van der Waals surface area (Å²) in [5.41, 5.74) is 0.152. The van der Waals surface area contributed by atoms with E-state index in [1.54, 1.807) is 13.0 Å². The predicted octanol–water partition coefficient (Wildman–Crippen LogP) is 4.51. The monoisotopic (exact) mass is 389 g/mol. The standard InChI is InChI=1S/C19H14F3N3O3/c1-11-8-16(28-25-11)18(27)24-14-6-2-4-12(9-14)17(26)23-15-7-3-5-13(10-15)19(20,21)22/h2-10H,1H3,(H,23,26)(H,24,27). The maximum absolute atomic E-state index is 12.8. The Morgan fingerprint density at radius 3 is 2.21 bits per heavy atom. The van der Waals surface area contributed by atoms with E-state index in [4.69, 9.17) is 4.52 Å². The molecule has 0 aliphatic carbocycles. The molecule has 9 heteroatoms. The molecule has 0 bridgehead atoms. The summed E-state index contributed by atoms with van der Waals surface area (Å²) in [6.07, 6.45) is -4.51. The van der Waals surface area contributed by atoms with Crippen LogP contribution < -0.4 is 10.6 Å². The van der Waals surface area contributed by atoms with Gasteiger partial charge in [-0.1, -0.05) is 17.3 Å². The minimum Gasteiger partial charge on any atom is -0.351 e. The number of aryl methyl sites for hydroxylation is 1. The van der Waals surface area contributed by atoms with Gasteiger partial charge in [-0.05, 0) is 43.3 Å². The fourth-order valence-corrected chi connectivity index (χ4v) is 2.38. The molecule has 0 spiro atoms. The van der Waals surface area contributed by atoms with Gasteiger partial charge in [0.2, 0.25) is 5.76 Å². The second kappa shape index (κ2) is 7.55. The van der Waals surface area contributed by atoms with Crippen molar-refractivity contribution in [3.8, 4) is 0 Å². The van der Waals surface area contributed by atoms with Crippen LogP contribution >= 0.6 is 0 Å². The first kappa shape index (κ1) is 19.2. The van der Waals surface area contributed by atoms with Crippen LogP contribution in [0.1, 0.15) is 32.2 Å². The van der Waals surface area contributed by atoms with Gasteiger partial charge < -0.3 is 15.2 Å². The van der Waals surface area contributed by atoms with Crippen molar-refractivity contribution in [2.45, 2.75) is 13.1 Å². The molecule has 2 aromatic carbocycles. The van der Waals surface area contributed by atoms with Gasteiger partial charge in [0.1, 0.15) is 0 Å². The fourth-order valence-electron chi connectivity index (χ4n) is 2.38. The molecule has 1 heterocycles. The van der Waals surface area contributed by atoms with Crippen LogP contribution in [-0.4, -0.2) is 17.0 Å². The number of nitrogens with one attached hydrogen (secondary N) is 2. The molecule has 0 atom stereocenters. The number of carbonyl (C=O) groups is 2. The normalized spacial score (nSPS) is 11.1.